The first kappa shape index (κ1) is 29.4. The van der Waals surface area contributed by atoms with Gasteiger partial charge in [0.2, 0.25) is 0 Å². The van der Waals surface area contributed by atoms with Gasteiger partial charge in [0.15, 0.2) is 0 Å². The molecule has 0 saturated carbocycles. The summed E-state index contributed by atoms with van der Waals surface area (Å²) < 4.78 is 13.2. The van der Waals surface area contributed by atoms with Gasteiger partial charge in [-0.25, -0.2) is 0 Å². The predicted molar refractivity (Wildman–Crippen MR) is 224 cm³/mol. The van der Waals surface area contributed by atoms with E-state index in [4.69, 9.17) is 9.47 Å². The number of rotatable bonds is 3. The monoisotopic (exact) mass is 686 g/mol. The van der Waals surface area contributed by atoms with Crippen molar-refractivity contribution in [2.24, 2.45) is 0 Å². The highest BCUT2D eigenvalue weighted by molar-refractivity contribution is 6.25. The maximum atomic E-state index is 6.71. The SMILES string of the molecule is c1ccc(-c2ccc3c(-c4ccc5c(c4)Oc4cccc6cccc-5c46)c4ccccc4c(-c4ccc5c6c(cccc46)Oc4ccccc4-5)c3c2)cc1. The molecule has 0 radical (unpaired) electrons. The fourth-order valence-electron chi connectivity index (χ4n) is 9.11. The Morgan fingerprint density at radius 2 is 0.833 bits per heavy atom. The van der Waals surface area contributed by atoms with Crippen LogP contribution in [0.1, 0.15) is 0 Å². The van der Waals surface area contributed by atoms with Crippen LogP contribution in [0.2, 0.25) is 0 Å². The molecule has 2 aliphatic rings. The molecule has 2 heterocycles. The minimum Gasteiger partial charge on any atom is -0.456 e. The molecule has 0 aliphatic carbocycles. The fraction of sp³-hybridized carbons (Fsp3) is 0. The average Bonchev–Trinajstić information content (AvgIpc) is 3.23. The highest BCUT2D eigenvalue weighted by atomic mass is 16.5. The van der Waals surface area contributed by atoms with Crippen molar-refractivity contribution in [2.45, 2.75) is 0 Å². The normalized spacial score (nSPS) is 12.4. The Kier molecular flexibility index (Phi) is 6.09. The lowest BCUT2D eigenvalue weighted by molar-refractivity contribution is 0.487. The largest absolute Gasteiger partial charge is 0.456 e. The summed E-state index contributed by atoms with van der Waals surface area (Å²) in [4.78, 5) is 0. The first-order chi connectivity index (χ1) is 26.8. The van der Waals surface area contributed by atoms with Crippen molar-refractivity contribution in [2.75, 3.05) is 0 Å². The topological polar surface area (TPSA) is 18.5 Å². The van der Waals surface area contributed by atoms with Gasteiger partial charge in [0.05, 0.1) is 0 Å². The van der Waals surface area contributed by atoms with E-state index in [1.165, 1.54) is 76.6 Å². The Morgan fingerprint density at radius 1 is 0.259 bits per heavy atom. The summed E-state index contributed by atoms with van der Waals surface area (Å²) in [7, 11) is 0. The second-order valence-electron chi connectivity index (χ2n) is 14.3. The summed E-state index contributed by atoms with van der Waals surface area (Å²) in [5.74, 6) is 3.57. The van der Waals surface area contributed by atoms with Crippen molar-refractivity contribution < 1.29 is 9.47 Å². The molecule has 10 aromatic rings. The molecule has 2 aliphatic heterocycles. The van der Waals surface area contributed by atoms with Gasteiger partial charge in [0, 0.05) is 21.9 Å². The molecule has 0 atom stereocenters. The molecule has 12 rings (SSSR count). The van der Waals surface area contributed by atoms with E-state index in [1.54, 1.807) is 0 Å². The van der Waals surface area contributed by atoms with Gasteiger partial charge >= 0.3 is 0 Å². The zero-order valence-electron chi connectivity index (χ0n) is 29.1. The van der Waals surface area contributed by atoms with E-state index in [1.807, 2.05) is 6.07 Å². The van der Waals surface area contributed by atoms with E-state index in [9.17, 15) is 0 Å². The second-order valence-corrected chi connectivity index (χ2v) is 14.3. The first-order valence-electron chi connectivity index (χ1n) is 18.5. The second kappa shape index (κ2) is 11.2. The third-order valence-electron chi connectivity index (χ3n) is 11.4. The lowest BCUT2D eigenvalue weighted by Crippen LogP contribution is -1.99. The molecule has 2 heteroatoms. The summed E-state index contributed by atoms with van der Waals surface area (Å²) in [5, 5.41) is 9.50. The number of hydrogen-bond acceptors (Lipinski definition) is 2. The van der Waals surface area contributed by atoms with Gasteiger partial charge in [-0.1, -0.05) is 146 Å². The molecule has 0 N–H and O–H groups in total. The van der Waals surface area contributed by atoms with Crippen LogP contribution in [0.3, 0.4) is 0 Å². The highest BCUT2D eigenvalue weighted by Crippen LogP contribution is 2.53. The predicted octanol–water partition coefficient (Wildman–Crippen LogP) is 14.8. The standard InChI is InChI=1S/C52H30O2/c1-2-11-31(12-3-1)33-23-26-43-44(29-33)51(42-28-27-41-35-15-6-7-20-45(35)53-47-22-10-19-40(42)52(41)47)39-17-5-4-16-38(39)49(43)34-24-25-36-37-18-8-13-32-14-9-21-46(50(32)37)54-48(36)30-34/h1-30H. The number of fused-ring (bicyclic) bond motifs is 6. The van der Waals surface area contributed by atoms with Crippen LogP contribution in [0.25, 0.3) is 98.7 Å². The minimum absolute atomic E-state index is 0.879. The van der Waals surface area contributed by atoms with Gasteiger partial charge in [-0.05, 0) is 113 Å². The average molecular weight is 687 g/mol. The van der Waals surface area contributed by atoms with Crippen molar-refractivity contribution in [3.63, 3.8) is 0 Å². The molecular formula is C52H30O2. The van der Waals surface area contributed by atoms with Crippen molar-refractivity contribution in [3.8, 4) is 78.6 Å². The van der Waals surface area contributed by atoms with Crippen LogP contribution >= 0.6 is 0 Å². The first-order valence-corrected chi connectivity index (χ1v) is 18.5. The Balaban J connectivity index is 1.16. The Bertz CT molecular complexity index is 3210. The number of hydrogen-bond donors (Lipinski definition) is 0. The van der Waals surface area contributed by atoms with Gasteiger partial charge in [-0.2, -0.15) is 0 Å². The molecule has 250 valence electrons. The van der Waals surface area contributed by atoms with Crippen LogP contribution in [-0.2, 0) is 0 Å². The summed E-state index contributed by atoms with van der Waals surface area (Å²) in [6.45, 7) is 0. The smallest absolute Gasteiger partial charge is 0.135 e. The van der Waals surface area contributed by atoms with Gasteiger partial charge in [-0.15, -0.1) is 0 Å². The zero-order chi connectivity index (χ0) is 35.3. The summed E-state index contributed by atoms with van der Waals surface area (Å²) in [6, 6.07) is 65.6. The molecule has 54 heavy (non-hydrogen) atoms. The Hall–Kier alpha value is -7.16. The maximum absolute atomic E-state index is 6.71. The number of para-hydroxylation sites is 1. The Morgan fingerprint density at radius 3 is 1.72 bits per heavy atom. The lowest BCUT2D eigenvalue weighted by Gasteiger charge is -2.24. The van der Waals surface area contributed by atoms with Gasteiger partial charge < -0.3 is 9.47 Å². The molecule has 0 amide bonds. The minimum atomic E-state index is 0.879. The third kappa shape index (κ3) is 4.17. The summed E-state index contributed by atoms with van der Waals surface area (Å²) >= 11 is 0. The van der Waals surface area contributed by atoms with Crippen LogP contribution in [0.4, 0.5) is 0 Å². The molecule has 0 aromatic heterocycles. The van der Waals surface area contributed by atoms with Crippen LogP contribution in [0, 0.1) is 0 Å². The molecule has 10 aromatic carbocycles. The van der Waals surface area contributed by atoms with E-state index in [0.29, 0.717) is 0 Å². The fourth-order valence-corrected chi connectivity index (χ4v) is 9.11. The van der Waals surface area contributed by atoms with Gasteiger partial charge in [0.25, 0.3) is 0 Å². The molecular weight excluding hydrogens is 657 g/mol. The quantitative estimate of drug-likeness (QED) is 0.172. The lowest BCUT2D eigenvalue weighted by atomic mass is 9.82. The number of benzene rings is 10. The molecule has 0 unspecified atom stereocenters. The van der Waals surface area contributed by atoms with Crippen LogP contribution < -0.4 is 9.47 Å². The van der Waals surface area contributed by atoms with Crippen molar-refractivity contribution >= 4 is 43.1 Å². The highest BCUT2D eigenvalue weighted by Gasteiger charge is 2.25. The number of ether oxygens (including phenoxy) is 2. The Labute approximate surface area is 312 Å². The van der Waals surface area contributed by atoms with Crippen LogP contribution in [0.15, 0.2) is 182 Å². The third-order valence-corrected chi connectivity index (χ3v) is 11.4. The molecule has 0 spiro atoms. The van der Waals surface area contributed by atoms with Crippen molar-refractivity contribution in [1.29, 1.82) is 0 Å². The molecule has 0 bridgehead atoms. The van der Waals surface area contributed by atoms with E-state index in [-0.39, 0.29) is 0 Å². The van der Waals surface area contributed by atoms with Gasteiger partial charge in [0.1, 0.15) is 23.0 Å². The van der Waals surface area contributed by atoms with E-state index < -0.39 is 0 Å². The van der Waals surface area contributed by atoms with Crippen molar-refractivity contribution in [1.82, 2.24) is 0 Å². The summed E-state index contributed by atoms with van der Waals surface area (Å²) in [6.07, 6.45) is 0. The van der Waals surface area contributed by atoms with Gasteiger partial charge in [-0.3, -0.25) is 0 Å². The van der Waals surface area contributed by atoms with Crippen LogP contribution in [0.5, 0.6) is 23.0 Å². The van der Waals surface area contributed by atoms with Crippen LogP contribution in [-0.4, -0.2) is 0 Å². The zero-order valence-corrected chi connectivity index (χ0v) is 29.1. The maximum Gasteiger partial charge on any atom is 0.135 e. The van der Waals surface area contributed by atoms with Crippen molar-refractivity contribution in [3.05, 3.63) is 182 Å². The molecule has 0 fully saturated rings. The van der Waals surface area contributed by atoms with E-state index >= 15 is 0 Å². The molecule has 2 nitrogen and oxygen atoms in total. The van der Waals surface area contributed by atoms with E-state index in [0.717, 1.165) is 45.1 Å². The van der Waals surface area contributed by atoms with E-state index in [2.05, 4.69) is 176 Å². The molecule has 0 saturated heterocycles. The summed E-state index contributed by atoms with van der Waals surface area (Å²) in [5.41, 5.74) is 11.8.